The highest BCUT2D eigenvalue weighted by molar-refractivity contribution is 5.75. The third-order valence-electron chi connectivity index (χ3n) is 8.18. The molecule has 11 heteroatoms. The van der Waals surface area contributed by atoms with E-state index in [4.69, 9.17) is 15.2 Å². The van der Waals surface area contributed by atoms with E-state index >= 15 is 0 Å². The van der Waals surface area contributed by atoms with Gasteiger partial charge in [-0.05, 0) is 95.8 Å². The number of benzene rings is 5. The number of hydrogen-bond acceptors (Lipinski definition) is 5. The molecular formula is C40H33F6NO4. The van der Waals surface area contributed by atoms with E-state index in [-0.39, 0.29) is 46.6 Å². The minimum atomic E-state index is -1.01. The number of ether oxygens (including phenoxy) is 2. The van der Waals surface area contributed by atoms with Crippen LogP contribution in [0.5, 0.6) is 11.5 Å². The van der Waals surface area contributed by atoms with Crippen molar-refractivity contribution in [1.29, 1.82) is 0 Å². The van der Waals surface area contributed by atoms with Crippen LogP contribution in [0, 0.1) is 34.9 Å². The predicted molar refractivity (Wildman–Crippen MR) is 180 cm³/mol. The molecule has 264 valence electrons. The highest BCUT2D eigenvalue weighted by Crippen LogP contribution is 2.33. The fraction of sp³-hybridized carbons (Fsp3) is 0.200. The van der Waals surface area contributed by atoms with Crippen molar-refractivity contribution in [2.45, 2.75) is 51.5 Å². The summed E-state index contributed by atoms with van der Waals surface area (Å²) in [6.07, 6.45) is 3.64. The lowest BCUT2D eigenvalue weighted by molar-refractivity contribution is -0.135. The van der Waals surface area contributed by atoms with Crippen molar-refractivity contribution in [3.05, 3.63) is 131 Å². The van der Waals surface area contributed by atoms with Crippen molar-refractivity contribution in [1.82, 2.24) is 0 Å². The number of unbranched alkanes of at least 4 members (excludes halogenated alkanes) is 4. The van der Waals surface area contributed by atoms with Crippen LogP contribution in [0.2, 0.25) is 0 Å². The van der Waals surface area contributed by atoms with Crippen LogP contribution in [-0.4, -0.2) is 11.9 Å². The minimum absolute atomic E-state index is 0.0802. The largest absolute Gasteiger partial charge is 0.427 e. The van der Waals surface area contributed by atoms with E-state index < -0.39 is 59.0 Å². The molecular weight excluding hydrogens is 672 g/mol. The smallest absolute Gasteiger partial charge is 0.311 e. The van der Waals surface area contributed by atoms with Gasteiger partial charge in [-0.25, -0.2) is 26.3 Å². The average Bonchev–Trinajstić information content (AvgIpc) is 3.08. The fourth-order valence-corrected chi connectivity index (χ4v) is 5.53. The van der Waals surface area contributed by atoms with Crippen molar-refractivity contribution in [3.63, 3.8) is 0 Å². The molecule has 51 heavy (non-hydrogen) atoms. The molecule has 0 aliphatic heterocycles. The SMILES string of the molecule is NCc1c(F)cc(-c2c(F)cc(-c3ccc(OC(=O)CCCCCCCC(=O)Oc4ccc(-c5ccc(F)cc5)c(F)c4)cc3)cc2F)cc1F. The summed E-state index contributed by atoms with van der Waals surface area (Å²) in [5, 5.41) is 0. The number of nitrogens with two attached hydrogens (primary N) is 1. The predicted octanol–water partition coefficient (Wildman–Crippen LogP) is 10.2. The molecule has 0 aromatic heterocycles. The first kappa shape index (κ1) is 36.9. The van der Waals surface area contributed by atoms with Gasteiger partial charge in [-0.2, -0.15) is 0 Å². The fourth-order valence-electron chi connectivity index (χ4n) is 5.53. The van der Waals surface area contributed by atoms with Gasteiger partial charge in [0.2, 0.25) is 0 Å². The summed E-state index contributed by atoms with van der Waals surface area (Å²) in [4.78, 5) is 24.5. The molecule has 0 atom stereocenters. The Morgan fingerprint density at radius 2 is 0.980 bits per heavy atom. The Balaban J connectivity index is 1.01. The first-order chi connectivity index (χ1) is 24.5. The van der Waals surface area contributed by atoms with Crippen molar-refractivity contribution >= 4 is 11.9 Å². The van der Waals surface area contributed by atoms with Crippen LogP contribution in [0.1, 0.15) is 50.5 Å². The third-order valence-corrected chi connectivity index (χ3v) is 8.18. The van der Waals surface area contributed by atoms with E-state index in [0.29, 0.717) is 24.0 Å². The number of hydrogen-bond donors (Lipinski definition) is 1. The molecule has 0 saturated heterocycles. The maximum Gasteiger partial charge on any atom is 0.311 e. The molecule has 0 unspecified atom stereocenters. The summed E-state index contributed by atoms with van der Waals surface area (Å²) < 4.78 is 96.6. The van der Waals surface area contributed by atoms with Gasteiger partial charge in [0.15, 0.2) is 0 Å². The van der Waals surface area contributed by atoms with E-state index in [1.807, 2.05) is 0 Å². The summed E-state index contributed by atoms with van der Waals surface area (Å²) in [5.74, 6) is -5.66. The molecule has 0 radical (unpaired) electrons. The van der Waals surface area contributed by atoms with E-state index in [0.717, 1.165) is 49.6 Å². The van der Waals surface area contributed by atoms with Gasteiger partial charge in [0.25, 0.3) is 0 Å². The highest BCUT2D eigenvalue weighted by atomic mass is 19.2. The van der Waals surface area contributed by atoms with Crippen molar-refractivity contribution in [2.75, 3.05) is 0 Å². The summed E-state index contributed by atoms with van der Waals surface area (Å²) >= 11 is 0. The molecule has 0 aliphatic carbocycles. The van der Waals surface area contributed by atoms with Crippen LogP contribution >= 0.6 is 0 Å². The molecule has 5 aromatic rings. The molecule has 5 rings (SSSR count). The van der Waals surface area contributed by atoms with Crippen LogP contribution < -0.4 is 15.2 Å². The Morgan fingerprint density at radius 1 is 0.490 bits per heavy atom. The zero-order valence-corrected chi connectivity index (χ0v) is 27.3. The quantitative estimate of drug-likeness (QED) is 0.0539. The van der Waals surface area contributed by atoms with Gasteiger partial charge < -0.3 is 15.2 Å². The normalized spacial score (nSPS) is 11.0. The second-order valence-electron chi connectivity index (χ2n) is 11.8. The van der Waals surface area contributed by atoms with E-state index in [1.54, 1.807) is 0 Å². The molecule has 0 bridgehead atoms. The lowest BCUT2D eigenvalue weighted by atomic mass is 9.97. The Bertz CT molecular complexity index is 1970. The molecule has 0 heterocycles. The van der Waals surface area contributed by atoms with Gasteiger partial charge in [-0.3, -0.25) is 9.59 Å². The van der Waals surface area contributed by atoms with Crippen LogP contribution in [0.3, 0.4) is 0 Å². The van der Waals surface area contributed by atoms with Crippen LogP contribution in [0.15, 0.2) is 91.0 Å². The van der Waals surface area contributed by atoms with Gasteiger partial charge in [-0.1, -0.05) is 43.5 Å². The maximum atomic E-state index is 15.0. The topological polar surface area (TPSA) is 78.6 Å². The number of rotatable bonds is 14. The molecule has 0 amide bonds. The summed E-state index contributed by atoms with van der Waals surface area (Å²) in [7, 11) is 0. The third kappa shape index (κ3) is 9.64. The molecule has 0 fully saturated rings. The monoisotopic (exact) mass is 705 g/mol. The first-order valence-corrected chi connectivity index (χ1v) is 16.3. The number of halogens is 6. The Hall–Kier alpha value is -5.42. The van der Waals surface area contributed by atoms with Crippen molar-refractivity contribution < 1.29 is 45.4 Å². The van der Waals surface area contributed by atoms with Crippen molar-refractivity contribution in [2.24, 2.45) is 5.73 Å². The Kier molecular flexibility index (Phi) is 12.3. The van der Waals surface area contributed by atoms with Gasteiger partial charge in [0.1, 0.15) is 46.4 Å². The molecule has 5 nitrogen and oxygen atoms in total. The maximum absolute atomic E-state index is 15.0. The molecule has 0 spiro atoms. The minimum Gasteiger partial charge on any atom is -0.427 e. The van der Waals surface area contributed by atoms with Gasteiger partial charge in [-0.15, -0.1) is 0 Å². The zero-order valence-electron chi connectivity index (χ0n) is 27.3. The average molecular weight is 706 g/mol. The Morgan fingerprint density at radius 3 is 1.53 bits per heavy atom. The first-order valence-electron chi connectivity index (χ1n) is 16.3. The second-order valence-corrected chi connectivity index (χ2v) is 11.8. The number of carbonyl (C=O) groups excluding carboxylic acids is 2. The van der Waals surface area contributed by atoms with Gasteiger partial charge >= 0.3 is 11.9 Å². The summed E-state index contributed by atoms with van der Waals surface area (Å²) in [6.45, 7) is -0.401. The van der Waals surface area contributed by atoms with E-state index in [9.17, 15) is 35.9 Å². The van der Waals surface area contributed by atoms with Crippen LogP contribution in [0.4, 0.5) is 26.3 Å². The summed E-state index contributed by atoms with van der Waals surface area (Å²) in [6, 6.07) is 19.2. The van der Waals surface area contributed by atoms with Gasteiger partial charge in [0.05, 0.1) is 5.56 Å². The molecule has 5 aromatic carbocycles. The number of carbonyl (C=O) groups is 2. The van der Waals surface area contributed by atoms with E-state index in [2.05, 4.69) is 0 Å². The highest BCUT2D eigenvalue weighted by Gasteiger charge is 2.19. The second kappa shape index (κ2) is 17.0. The summed E-state index contributed by atoms with van der Waals surface area (Å²) in [5.41, 5.74) is 5.43. The van der Waals surface area contributed by atoms with Gasteiger partial charge in [0, 0.05) is 36.6 Å². The van der Waals surface area contributed by atoms with Crippen molar-refractivity contribution in [3.8, 4) is 44.9 Å². The zero-order chi connectivity index (χ0) is 36.5. The molecule has 0 saturated carbocycles. The standard InChI is InChI=1S/C40H33F6NO4/c41-28-12-8-25(9-13-28)31-17-16-30(22-35(31)44)51-39(49)7-5-3-1-2-4-6-38(48)50-29-14-10-24(11-15-29)26-18-36(45)40(37(46)19-26)27-20-33(42)32(23-47)34(43)21-27/h8-22H,1-7,23,47H2. The lowest BCUT2D eigenvalue weighted by Gasteiger charge is -2.11. The number of esters is 2. The van der Waals surface area contributed by atoms with E-state index in [1.165, 1.54) is 60.7 Å². The Labute approximate surface area is 290 Å². The molecule has 2 N–H and O–H groups in total. The van der Waals surface area contributed by atoms with Crippen LogP contribution in [-0.2, 0) is 16.1 Å². The lowest BCUT2D eigenvalue weighted by Crippen LogP contribution is -2.08. The van der Waals surface area contributed by atoms with Crippen LogP contribution in [0.25, 0.3) is 33.4 Å². The molecule has 0 aliphatic rings.